The number of aliphatic hydroxyl groups excluding tert-OH is 1. The largest absolute Gasteiger partial charge is 0.491 e. The summed E-state index contributed by atoms with van der Waals surface area (Å²) >= 11 is 5.93. The predicted molar refractivity (Wildman–Crippen MR) is 107 cm³/mol. The van der Waals surface area contributed by atoms with E-state index in [4.69, 9.17) is 16.3 Å². The van der Waals surface area contributed by atoms with Crippen LogP contribution in [0.2, 0.25) is 5.02 Å². The van der Waals surface area contributed by atoms with Gasteiger partial charge in [-0.05, 0) is 48.4 Å². The third kappa shape index (κ3) is 6.17. The first-order valence-electron chi connectivity index (χ1n) is 9.06. The summed E-state index contributed by atoms with van der Waals surface area (Å²) in [5, 5.41) is 11.1. The Balaban J connectivity index is 1.63. The quantitative estimate of drug-likeness (QED) is 0.701. The van der Waals surface area contributed by atoms with Crippen LogP contribution in [0.1, 0.15) is 12.0 Å². The van der Waals surface area contributed by atoms with E-state index in [1.54, 1.807) is 12.1 Å². The van der Waals surface area contributed by atoms with Crippen LogP contribution in [0, 0.1) is 5.82 Å². The molecule has 2 aromatic rings. The lowest BCUT2D eigenvalue weighted by molar-refractivity contribution is 0.0524. The van der Waals surface area contributed by atoms with E-state index in [0.717, 1.165) is 5.56 Å². The average molecular weight is 428 g/mol. The van der Waals surface area contributed by atoms with E-state index in [1.165, 1.54) is 24.3 Å². The summed E-state index contributed by atoms with van der Waals surface area (Å²) in [4.78, 5) is 1.98. The van der Waals surface area contributed by atoms with Gasteiger partial charge in [-0.2, -0.15) is 0 Å². The van der Waals surface area contributed by atoms with Crippen molar-refractivity contribution in [2.75, 3.05) is 24.7 Å². The minimum Gasteiger partial charge on any atom is -0.491 e. The highest BCUT2D eigenvalue weighted by Crippen LogP contribution is 2.21. The van der Waals surface area contributed by atoms with Crippen molar-refractivity contribution in [2.24, 2.45) is 0 Å². The van der Waals surface area contributed by atoms with Crippen LogP contribution in [0.5, 0.6) is 5.75 Å². The highest BCUT2D eigenvalue weighted by molar-refractivity contribution is 7.91. The van der Waals surface area contributed by atoms with Crippen molar-refractivity contribution in [3.63, 3.8) is 0 Å². The molecule has 2 aromatic carbocycles. The zero-order chi connectivity index (χ0) is 20.1. The molecule has 1 saturated heterocycles. The number of aliphatic hydroxyl groups is 1. The van der Waals surface area contributed by atoms with Crippen molar-refractivity contribution in [1.82, 2.24) is 4.90 Å². The van der Waals surface area contributed by atoms with E-state index in [-0.39, 0.29) is 36.5 Å². The van der Waals surface area contributed by atoms with Crippen LogP contribution in [-0.2, 0) is 16.4 Å². The molecule has 5 nitrogen and oxygen atoms in total. The second-order valence-electron chi connectivity index (χ2n) is 7.03. The summed E-state index contributed by atoms with van der Waals surface area (Å²) in [6.07, 6.45) is -0.276. The fourth-order valence-corrected chi connectivity index (χ4v) is 5.16. The Kier molecular flexibility index (Phi) is 6.93. The van der Waals surface area contributed by atoms with E-state index in [2.05, 4.69) is 0 Å². The number of halogens is 2. The topological polar surface area (TPSA) is 66.8 Å². The first-order valence-corrected chi connectivity index (χ1v) is 11.3. The molecule has 0 saturated carbocycles. The molecule has 1 heterocycles. The number of ether oxygens (including phenoxy) is 1. The number of sulfone groups is 1. The fraction of sp³-hybridized carbons (Fsp3) is 0.400. The van der Waals surface area contributed by atoms with Gasteiger partial charge in [0, 0.05) is 24.2 Å². The van der Waals surface area contributed by atoms with Gasteiger partial charge in [0.05, 0.1) is 11.5 Å². The van der Waals surface area contributed by atoms with Gasteiger partial charge in [0.15, 0.2) is 9.84 Å². The molecule has 1 fully saturated rings. The lowest BCUT2D eigenvalue weighted by Gasteiger charge is -2.30. The van der Waals surface area contributed by atoms with Crippen molar-refractivity contribution < 1.29 is 22.7 Å². The molecule has 1 aliphatic rings. The Hall–Kier alpha value is -1.67. The van der Waals surface area contributed by atoms with Gasteiger partial charge in [-0.3, -0.25) is 4.90 Å². The molecule has 0 amide bonds. The van der Waals surface area contributed by atoms with Crippen LogP contribution in [-0.4, -0.2) is 55.2 Å². The molecule has 28 heavy (non-hydrogen) atoms. The molecule has 8 heteroatoms. The van der Waals surface area contributed by atoms with Gasteiger partial charge in [-0.15, -0.1) is 0 Å². The molecule has 2 atom stereocenters. The minimum atomic E-state index is -3.05. The molecule has 1 N–H and O–H groups in total. The highest BCUT2D eigenvalue weighted by atomic mass is 35.5. The molecule has 152 valence electrons. The van der Waals surface area contributed by atoms with Gasteiger partial charge in [-0.25, -0.2) is 12.8 Å². The van der Waals surface area contributed by atoms with Crippen molar-refractivity contribution in [3.05, 3.63) is 64.9 Å². The molecular formula is C20H23ClFNO4S. The SMILES string of the molecule is O=S1(=O)CCC(N(Cc2ccc(Cl)cc2)CC(O)COc2ccc(F)cc2)C1. The molecule has 1 aliphatic heterocycles. The van der Waals surface area contributed by atoms with Crippen molar-refractivity contribution in [3.8, 4) is 5.75 Å². The summed E-state index contributed by atoms with van der Waals surface area (Å²) in [5.41, 5.74) is 0.986. The maximum Gasteiger partial charge on any atom is 0.151 e. The average Bonchev–Trinajstić information content (AvgIpc) is 3.02. The predicted octanol–water partition coefficient (Wildman–Crippen LogP) is 2.91. The zero-order valence-electron chi connectivity index (χ0n) is 15.3. The van der Waals surface area contributed by atoms with E-state index in [9.17, 15) is 17.9 Å². The van der Waals surface area contributed by atoms with Crippen molar-refractivity contribution >= 4 is 21.4 Å². The minimum absolute atomic E-state index is 0.0300. The summed E-state index contributed by atoms with van der Waals surface area (Å²) in [7, 11) is -3.05. The van der Waals surface area contributed by atoms with Gasteiger partial charge in [0.1, 0.15) is 24.3 Å². The first-order chi connectivity index (χ1) is 13.3. The molecule has 0 spiro atoms. The van der Waals surface area contributed by atoms with Crippen LogP contribution >= 0.6 is 11.6 Å². The van der Waals surface area contributed by atoms with Crippen molar-refractivity contribution in [2.45, 2.75) is 25.1 Å². The number of rotatable bonds is 8. The molecular weight excluding hydrogens is 405 g/mol. The van der Waals surface area contributed by atoms with Gasteiger partial charge in [-0.1, -0.05) is 23.7 Å². The van der Waals surface area contributed by atoms with Gasteiger partial charge in [0.2, 0.25) is 0 Å². The zero-order valence-corrected chi connectivity index (χ0v) is 16.9. The van der Waals surface area contributed by atoms with E-state index in [1.807, 2.05) is 17.0 Å². The lowest BCUT2D eigenvalue weighted by Crippen LogP contribution is -2.42. The third-order valence-corrected chi connectivity index (χ3v) is 6.73. The van der Waals surface area contributed by atoms with Gasteiger partial charge in [0.25, 0.3) is 0 Å². The first kappa shape index (κ1) is 21.0. The number of hydrogen-bond donors (Lipinski definition) is 1. The molecule has 0 bridgehead atoms. The highest BCUT2D eigenvalue weighted by Gasteiger charge is 2.33. The van der Waals surface area contributed by atoms with E-state index >= 15 is 0 Å². The maximum atomic E-state index is 13.0. The van der Waals surface area contributed by atoms with Gasteiger partial charge < -0.3 is 9.84 Å². The monoisotopic (exact) mass is 427 g/mol. The summed E-state index contributed by atoms with van der Waals surface area (Å²) in [6.45, 7) is 0.803. The Bertz CT molecular complexity index is 874. The standard InChI is InChI=1S/C20H23ClFNO4S/c21-16-3-1-15(2-4-16)11-23(18-9-10-28(25,26)14-18)12-19(24)13-27-20-7-5-17(22)6-8-20/h1-8,18-19,24H,9-14H2. The Morgan fingerprint density at radius 3 is 2.46 bits per heavy atom. The molecule has 2 unspecified atom stereocenters. The Morgan fingerprint density at radius 1 is 1.18 bits per heavy atom. The maximum absolute atomic E-state index is 13.0. The normalized spacial score (nSPS) is 19.6. The summed E-state index contributed by atoms with van der Waals surface area (Å²) < 4.78 is 42.3. The molecule has 3 rings (SSSR count). The number of benzene rings is 2. The summed E-state index contributed by atoms with van der Waals surface area (Å²) in [5.74, 6) is 0.362. The lowest BCUT2D eigenvalue weighted by atomic mass is 10.1. The van der Waals surface area contributed by atoms with Crippen LogP contribution in [0.15, 0.2) is 48.5 Å². The van der Waals surface area contributed by atoms with Crippen LogP contribution < -0.4 is 4.74 Å². The molecule has 0 radical (unpaired) electrons. The number of nitrogens with zero attached hydrogens (tertiary/aromatic N) is 1. The van der Waals surface area contributed by atoms with Crippen LogP contribution in [0.4, 0.5) is 4.39 Å². The van der Waals surface area contributed by atoms with Crippen LogP contribution in [0.3, 0.4) is 0 Å². The Morgan fingerprint density at radius 2 is 1.86 bits per heavy atom. The molecule has 0 aliphatic carbocycles. The van der Waals surface area contributed by atoms with Crippen LogP contribution in [0.25, 0.3) is 0 Å². The fourth-order valence-electron chi connectivity index (χ4n) is 3.28. The Labute approximate surface area is 169 Å². The number of hydrogen-bond acceptors (Lipinski definition) is 5. The second-order valence-corrected chi connectivity index (χ2v) is 9.70. The summed E-state index contributed by atoms with van der Waals surface area (Å²) in [6, 6.07) is 12.8. The van der Waals surface area contributed by atoms with E-state index in [0.29, 0.717) is 23.7 Å². The van der Waals surface area contributed by atoms with E-state index < -0.39 is 15.9 Å². The van der Waals surface area contributed by atoms with Crippen molar-refractivity contribution in [1.29, 1.82) is 0 Å². The second kappa shape index (κ2) is 9.22. The van der Waals surface area contributed by atoms with Gasteiger partial charge >= 0.3 is 0 Å². The third-order valence-electron chi connectivity index (χ3n) is 4.73. The smallest absolute Gasteiger partial charge is 0.151 e. The molecule has 0 aromatic heterocycles.